The van der Waals surface area contributed by atoms with E-state index in [2.05, 4.69) is 15.0 Å². The lowest BCUT2D eigenvalue weighted by Crippen LogP contribution is -2.16. The molecule has 0 atom stereocenters. The molecule has 4 N–H and O–H groups in total. The fourth-order valence-electron chi connectivity index (χ4n) is 4.07. The summed E-state index contributed by atoms with van der Waals surface area (Å²) in [5, 5.41) is 0.353. The van der Waals surface area contributed by atoms with Crippen molar-refractivity contribution in [2.75, 3.05) is 5.73 Å². The van der Waals surface area contributed by atoms with Crippen molar-refractivity contribution in [3.8, 4) is 16.8 Å². The van der Waals surface area contributed by atoms with Crippen LogP contribution in [0, 0.1) is 0 Å². The van der Waals surface area contributed by atoms with Gasteiger partial charge in [-0.2, -0.15) is 0 Å². The van der Waals surface area contributed by atoms with Gasteiger partial charge in [0.2, 0.25) is 5.91 Å². The minimum Gasteiger partial charge on any atom is -0.383 e. The van der Waals surface area contributed by atoms with Crippen molar-refractivity contribution in [1.29, 1.82) is 0 Å². The lowest BCUT2D eigenvalue weighted by atomic mass is 9.89. The lowest BCUT2D eigenvalue weighted by Gasteiger charge is -2.21. The van der Waals surface area contributed by atoms with Crippen molar-refractivity contribution < 1.29 is 4.79 Å². The second kappa shape index (κ2) is 8.37. The summed E-state index contributed by atoms with van der Waals surface area (Å²) in [7, 11) is 0. The molecule has 0 saturated heterocycles. The second-order valence-electron chi connectivity index (χ2n) is 7.53. The first-order chi connectivity index (χ1) is 16.0. The van der Waals surface area contributed by atoms with Gasteiger partial charge in [-0.1, -0.05) is 41.9 Å². The largest absolute Gasteiger partial charge is 0.383 e. The van der Waals surface area contributed by atoms with Crippen LogP contribution in [-0.2, 0) is 6.42 Å². The van der Waals surface area contributed by atoms with Crippen molar-refractivity contribution in [1.82, 2.24) is 19.5 Å². The minimum atomic E-state index is -0.607. The Kier molecular flexibility index (Phi) is 5.24. The van der Waals surface area contributed by atoms with Gasteiger partial charge >= 0.3 is 0 Å². The van der Waals surface area contributed by atoms with Gasteiger partial charge in [0.15, 0.2) is 5.65 Å². The number of aromatic nitrogens is 4. The number of carbonyl (C=O) groups is 1. The van der Waals surface area contributed by atoms with Crippen LogP contribution < -0.4 is 11.5 Å². The number of hydrogen-bond donors (Lipinski definition) is 2. The molecule has 0 unspecified atom stereocenters. The predicted molar refractivity (Wildman–Crippen MR) is 129 cm³/mol. The van der Waals surface area contributed by atoms with Crippen LogP contribution in [0.15, 0.2) is 79.4 Å². The van der Waals surface area contributed by atoms with E-state index in [9.17, 15) is 4.79 Å². The molecule has 0 fully saturated rings. The summed E-state index contributed by atoms with van der Waals surface area (Å²) < 4.78 is 1.83. The number of imidazole rings is 1. The van der Waals surface area contributed by atoms with E-state index in [1.54, 1.807) is 30.9 Å². The first-order valence-electron chi connectivity index (χ1n) is 10.2. The van der Waals surface area contributed by atoms with Crippen LogP contribution in [0.1, 0.15) is 21.5 Å². The molecule has 0 aliphatic heterocycles. The molecule has 162 valence electrons. The molecule has 0 saturated carbocycles. The van der Waals surface area contributed by atoms with E-state index in [4.69, 9.17) is 23.1 Å². The molecule has 33 heavy (non-hydrogen) atoms. The smallest absolute Gasteiger partial charge is 0.249 e. The number of nitrogens with two attached hydrogens (primary N) is 2. The maximum absolute atomic E-state index is 12.5. The Morgan fingerprint density at radius 1 is 0.970 bits per heavy atom. The molecular weight excluding hydrogens is 436 g/mol. The van der Waals surface area contributed by atoms with Gasteiger partial charge in [0.25, 0.3) is 0 Å². The highest BCUT2D eigenvalue weighted by Gasteiger charge is 2.25. The zero-order valence-electron chi connectivity index (χ0n) is 17.4. The minimum absolute atomic E-state index is 0.270. The number of pyridine rings is 2. The third kappa shape index (κ3) is 3.68. The normalized spacial score (nSPS) is 11.1. The van der Waals surface area contributed by atoms with Gasteiger partial charge in [0.1, 0.15) is 17.7 Å². The number of anilines is 1. The molecule has 7 nitrogen and oxygen atoms in total. The van der Waals surface area contributed by atoms with E-state index in [-0.39, 0.29) is 11.4 Å². The van der Waals surface area contributed by atoms with Gasteiger partial charge in [-0.15, -0.1) is 0 Å². The number of nitrogens with zero attached hydrogens (tertiary/aromatic N) is 4. The molecule has 5 aromatic rings. The quantitative estimate of drug-likeness (QED) is 0.408. The Labute approximate surface area is 194 Å². The monoisotopic (exact) mass is 454 g/mol. The summed E-state index contributed by atoms with van der Waals surface area (Å²) >= 11 is 6.80. The van der Waals surface area contributed by atoms with Gasteiger partial charge in [0.05, 0.1) is 10.7 Å². The molecule has 0 radical (unpaired) electrons. The van der Waals surface area contributed by atoms with Crippen molar-refractivity contribution in [2.24, 2.45) is 5.73 Å². The number of benzene rings is 2. The highest BCUT2D eigenvalue weighted by molar-refractivity contribution is 6.33. The maximum atomic E-state index is 12.5. The number of fused-ring (bicyclic) bond motifs is 1. The molecule has 0 aliphatic rings. The Balaban J connectivity index is 1.91. The number of rotatable bonds is 5. The molecule has 0 spiro atoms. The van der Waals surface area contributed by atoms with Crippen molar-refractivity contribution in [2.45, 2.75) is 6.42 Å². The Hall–Kier alpha value is -4.23. The molecule has 0 aliphatic carbocycles. The second-order valence-corrected chi connectivity index (χ2v) is 7.94. The summed E-state index contributed by atoms with van der Waals surface area (Å²) in [6.07, 6.45) is 5.44. The molecule has 3 heterocycles. The molecule has 2 aromatic carbocycles. The Morgan fingerprint density at radius 2 is 1.73 bits per heavy atom. The maximum Gasteiger partial charge on any atom is 0.249 e. The highest BCUT2D eigenvalue weighted by atomic mass is 35.5. The predicted octanol–water partition coefficient (Wildman–Crippen LogP) is 4.41. The summed E-state index contributed by atoms with van der Waals surface area (Å²) in [6, 6.07) is 18.7. The molecule has 1 amide bonds. The zero-order valence-corrected chi connectivity index (χ0v) is 18.2. The van der Waals surface area contributed by atoms with Gasteiger partial charge in [0, 0.05) is 35.5 Å². The Bertz CT molecular complexity index is 1500. The van der Waals surface area contributed by atoms with Crippen molar-refractivity contribution in [3.63, 3.8) is 0 Å². The molecular formula is C25H19ClN6O. The first-order valence-corrected chi connectivity index (χ1v) is 10.6. The standard InChI is InChI=1S/C25H19ClN6O/c26-19-13-18(24(28)33)21(16-8-4-10-29-23(16)27)17(12-15-6-2-1-3-7-15)22(19)32-14-31-20-9-5-11-30-25(20)32/h1-11,13-14H,12H2,(H2,27,29)(H2,28,33). The van der Waals surface area contributed by atoms with E-state index in [0.717, 1.165) is 16.6 Å². The Morgan fingerprint density at radius 3 is 2.48 bits per heavy atom. The van der Waals surface area contributed by atoms with Gasteiger partial charge in [-0.05, 0) is 41.5 Å². The van der Waals surface area contributed by atoms with E-state index >= 15 is 0 Å². The van der Waals surface area contributed by atoms with Gasteiger partial charge in [-0.3, -0.25) is 9.36 Å². The van der Waals surface area contributed by atoms with Crippen LogP contribution in [0.3, 0.4) is 0 Å². The summed E-state index contributed by atoms with van der Waals surface area (Å²) in [5.41, 5.74) is 17.3. The average Bonchev–Trinajstić information content (AvgIpc) is 3.24. The van der Waals surface area contributed by atoms with E-state index < -0.39 is 5.91 Å². The molecule has 8 heteroatoms. The van der Waals surface area contributed by atoms with Crippen LogP contribution in [-0.4, -0.2) is 25.4 Å². The molecule has 0 bridgehead atoms. The number of carbonyl (C=O) groups excluding carboxylic acids is 1. The summed E-state index contributed by atoms with van der Waals surface area (Å²) in [4.78, 5) is 25.7. The summed E-state index contributed by atoms with van der Waals surface area (Å²) in [5.74, 6) is -0.319. The lowest BCUT2D eigenvalue weighted by molar-refractivity contribution is 0.100. The van der Waals surface area contributed by atoms with Crippen LogP contribution >= 0.6 is 11.6 Å². The zero-order chi connectivity index (χ0) is 22.9. The van der Waals surface area contributed by atoms with E-state index in [1.165, 1.54) is 0 Å². The average molecular weight is 455 g/mol. The third-order valence-electron chi connectivity index (χ3n) is 5.50. The van der Waals surface area contributed by atoms with Crippen molar-refractivity contribution in [3.05, 3.63) is 101 Å². The number of primary amides is 1. The van der Waals surface area contributed by atoms with Crippen LogP contribution in [0.5, 0.6) is 0 Å². The fraction of sp³-hybridized carbons (Fsp3) is 0.0400. The SMILES string of the molecule is NC(=O)c1cc(Cl)c(-n2cnc3cccnc32)c(Cc2ccccc2)c1-c1cccnc1N. The van der Waals surface area contributed by atoms with Crippen LogP contribution in [0.4, 0.5) is 5.82 Å². The number of halogens is 1. The first kappa shape index (κ1) is 20.7. The number of hydrogen-bond acceptors (Lipinski definition) is 5. The number of amides is 1. The molecule has 5 rings (SSSR count). The third-order valence-corrected chi connectivity index (χ3v) is 5.79. The topological polar surface area (TPSA) is 113 Å². The molecule has 3 aromatic heterocycles. The van der Waals surface area contributed by atoms with Crippen LogP contribution in [0.2, 0.25) is 5.02 Å². The number of nitrogen functional groups attached to an aromatic ring is 1. The summed E-state index contributed by atoms with van der Waals surface area (Å²) in [6.45, 7) is 0. The van der Waals surface area contributed by atoms with Gasteiger partial charge in [-0.25, -0.2) is 15.0 Å². The highest BCUT2D eigenvalue weighted by Crippen LogP contribution is 2.40. The van der Waals surface area contributed by atoms with Gasteiger partial charge < -0.3 is 11.5 Å². The van der Waals surface area contributed by atoms with Crippen LogP contribution in [0.25, 0.3) is 28.0 Å². The van der Waals surface area contributed by atoms with E-state index in [1.807, 2.05) is 53.1 Å². The van der Waals surface area contributed by atoms with E-state index in [0.29, 0.717) is 33.9 Å². The van der Waals surface area contributed by atoms with Crippen molar-refractivity contribution >= 4 is 34.5 Å². The fourth-order valence-corrected chi connectivity index (χ4v) is 4.38.